The summed E-state index contributed by atoms with van der Waals surface area (Å²) < 4.78 is 0. The number of phenols is 1. The van der Waals surface area contributed by atoms with Gasteiger partial charge in [-0.1, -0.05) is 95.5 Å². The molecule has 0 radical (unpaired) electrons. The van der Waals surface area contributed by atoms with E-state index in [0.29, 0.717) is 44.5 Å². The van der Waals surface area contributed by atoms with E-state index in [1.54, 1.807) is 60.7 Å². The van der Waals surface area contributed by atoms with E-state index in [-0.39, 0.29) is 30.4 Å². The van der Waals surface area contributed by atoms with E-state index in [2.05, 4.69) is 6.58 Å². The Morgan fingerprint density at radius 1 is 0.780 bits per heavy atom. The van der Waals surface area contributed by atoms with Crippen LogP contribution >= 0.6 is 23.2 Å². The van der Waals surface area contributed by atoms with Crippen molar-refractivity contribution in [2.75, 3.05) is 9.80 Å². The number of nitrogens with zero attached hydrogens (tertiary/aromatic N) is 2. The van der Waals surface area contributed by atoms with Crippen LogP contribution in [-0.4, -0.2) is 28.7 Å². The summed E-state index contributed by atoms with van der Waals surface area (Å²) >= 11 is 12.5. The van der Waals surface area contributed by atoms with Gasteiger partial charge in [-0.25, -0.2) is 4.90 Å². The van der Waals surface area contributed by atoms with Crippen LogP contribution in [0, 0.1) is 23.7 Å². The van der Waals surface area contributed by atoms with Crippen LogP contribution in [0.4, 0.5) is 11.4 Å². The lowest BCUT2D eigenvalue weighted by Gasteiger charge is -2.50. The van der Waals surface area contributed by atoms with Crippen LogP contribution in [0.15, 0.2) is 121 Å². The van der Waals surface area contributed by atoms with Gasteiger partial charge in [0.25, 0.3) is 0 Å². The number of allylic oxidation sites excluding steroid dienone is 3. The van der Waals surface area contributed by atoms with Gasteiger partial charge in [0.05, 0.1) is 34.5 Å². The zero-order chi connectivity index (χ0) is 34.9. The van der Waals surface area contributed by atoms with Gasteiger partial charge in [-0.15, -0.1) is 6.58 Å². The number of benzene rings is 4. The molecule has 4 aromatic rings. The Hall–Kier alpha value is -4.98. The Bertz CT molecular complexity index is 2130. The monoisotopic (exact) mass is 702 g/mol. The smallest absolute Gasteiger partial charge is 0.246 e. The van der Waals surface area contributed by atoms with Gasteiger partial charge < -0.3 is 5.11 Å². The molecule has 1 saturated carbocycles. The lowest BCUT2D eigenvalue weighted by atomic mass is 9.49. The van der Waals surface area contributed by atoms with E-state index in [1.165, 1.54) is 9.80 Å². The zero-order valence-electron chi connectivity index (χ0n) is 26.8. The highest BCUT2D eigenvalue weighted by atomic mass is 35.5. The van der Waals surface area contributed by atoms with Gasteiger partial charge in [-0.05, 0) is 78.8 Å². The zero-order valence-corrected chi connectivity index (χ0v) is 28.3. The van der Waals surface area contributed by atoms with Crippen LogP contribution in [-0.2, 0) is 31.0 Å². The van der Waals surface area contributed by atoms with Crippen molar-refractivity contribution in [2.24, 2.45) is 23.7 Å². The van der Waals surface area contributed by atoms with Crippen LogP contribution < -0.4 is 9.80 Å². The second-order valence-electron chi connectivity index (χ2n) is 13.4. The molecule has 8 rings (SSSR count). The topological polar surface area (TPSA) is 95.0 Å². The lowest BCUT2D eigenvalue weighted by Crippen LogP contribution is -2.53. The number of carbonyl (C=O) groups is 4. The molecular weight excluding hydrogens is 671 g/mol. The Kier molecular flexibility index (Phi) is 7.81. The summed E-state index contributed by atoms with van der Waals surface area (Å²) in [5.41, 5.74) is 1.79. The maximum atomic E-state index is 15.4. The van der Waals surface area contributed by atoms with Gasteiger partial charge in [-0.2, -0.15) is 0 Å². The first kappa shape index (κ1) is 32.2. The largest absolute Gasteiger partial charge is 0.507 e. The third-order valence-corrected chi connectivity index (χ3v) is 11.6. The van der Waals surface area contributed by atoms with Crippen molar-refractivity contribution in [1.29, 1.82) is 0 Å². The molecule has 4 amide bonds. The minimum absolute atomic E-state index is 0.00759. The molecule has 3 fully saturated rings. The highest BCUT2D eigenvalue weighted by Gasteiger charge is 2.70. The molecule has 0 spiro atoms. The Morgan fingerprint density at radius 3 is 2.24 bits per heavy atom. The number of carbonyl (C=O) groups excluding carboxylic acids is 4. The molecule has 50 heavy (non-hydrogen) atoms. The summed E-state index contributed by atoms with van der Waals surface area (Å²) in [6.07, 6.45) is 4.48. The fourth-order valence-corrected chi connectivity index (χ4v) is 9.41. The number of fused-ring (bicyclic) bond motifs is 4. The number of halogens is 2. The highest BCUT2D eigenvalue weighted by molar-refractivity contribution is 6.32. The third-order valence-electron chi connectivity index (χ3n) is 11.1. The molecular formula is C41H32Cl2N2O5. The first-order valence-electron chi connectivity index (χ1n) is 16.6. The molecule has 2 heterocycles. The summed E-state index contributed by atoms with van der Waals surface area (Å²) in [6, 6.07) is 27.9. The van der Waals surface area contributed by atoms with Crippen molar-refractivity contribution in [2.45, 2.75) is 30.6 Å². The van der Waals surface area contributed by atoms with Crippen LogP contribution in [0.1, 0.15) is 35.4 Å². The van der Waals surface area contributed by atoms with Gasteiger partial charge >= 0.3 is 0 Å². The Balaban J connectivity index is 1.37. The van der Waals surface area contributed by atoms with Crippen molar-refractivity contribution in [1.82, 2.24) is 0 Å². The van der Waals surface area contributed by atoms with Crippen LogP contribution in [0.3, 0.4) is 0 Å². The Morgan fingerprint density at radius 2 is 1.52 bits per heavy atom. The predicted molar refractivity (Wildman–Crippen MR) is 192 cm³/mol. The summed E-state index contributed by atoms with van der Waals surface area (Å²) in [7, 11) is 0. The average Bonchev–Trinajstić information content (AvgIpc) is 3.51. The first-order valence-corrected chi connectivity index (χ1v) is 17.4. The van der Waals surface area contributed by atoms with E-state index >= 15 is 4.79 Å². The number of anilines is 2. The lowest BCUT2D eigenvalue weighted by molar-refractivity contribution is -0.127. The molecule has 9 heteroatoms. The molecule has 0 bridgehead atoms. The first-order chi connectivity index (χ1) is 24.2. The van der Waals surface area contributed by atoms with Gasteiger partial charge in [0.2, 0.25) is 23.6 Å². The minimum Gasteiger partial charge on any atom is -0.507 e. The molecule has 250 valence electrons. The minimum atomic E-state index is -1.48. The molecule has 0 unspecified atom stereocenters. The van der Waals surface area contributed by atoms with Crippen molar-refractivity contribution in [3.63, 3.8) is 0 Å². The summed E-state index contributed by atoms with van der Waals surface area (Å²) in [4.78, 5) is 61.2. The van der Waals surface area contributed by atoms with Gasteiger partial charge in [0.1, 0.15) is 5.75 Å². The fourth-order valence-electron chi connectivity index (χ4n) is 9.10. The van der Waals surface area contributed by atoms with Gasteiger partial charge in [0, 0.05) is 21.5 Å². The van der Waals surface area contributed by atoms with Gasteiger partial charge in [0.15, 0.2) is 0 Å². The third kappa shape index (κ3) is 4.56. The summed E-state index contributed by atoms with van der Waals surface area (Å²) in [5.74, 6) is -5.25. The van der Waals surface area contributed by atoms with Crippen LogP contribution in [0.25, 0.3) is 0 Å². The molecule has 4 aliphatic rings. The van der Waals surface area contributed by atoms with Crippen LogP contribution in [0.2, 0.25) is 10.0 Å². The summed E-state index contributed by atoms with van der Waals surface area (Å²) in [6.45, 7) is 3.86. The van der Waals surface area contributed by atoms with Gasteiger partial charge in [-0.3, -0.25) is 24.1 Å². The summed E-state index contributed by atoms with van der Waals surface area (Å²) in [5, 5.41) is 12.8. The molecule has 1 N–H and O–H groups in total. The average molecular weight is 704 g/mol. The number of phenolic OH excluding ortho intramolecular Hbond substituents is 1. The highest BCUT2D eigenvalue weighted by Crippen LogP contribution is 2.65. The molecule has 4 aromatic carbocycles. The normalized spacial score (nSPS) is 27.2. The van der Waals surface area contributed by atoms with E-state index in [9.17, 15) is 19.5 Å². The van der Waals surface area contributed by atoms with E-state index in [0.717, 1.165) is 5.57 Å². The van der Waals surface area contributed by atoms with Crippen molar-refractivity contribution < 1.29 is 24.3 Å². The molecule has 2 saturated heterocycles. The maximum absolute atomic E-state index is 15.4. The number of para-hydroxylation sites is 1. The molecule has 2 aliphatic heterocycles. The standard InChI is InChI=1S/C41H32Cl2N2O5/c1-2-8-23-9-6-14-31(36(23)46)35-29-19-20-30-34(39(49)44(37(30)47)27-17-15-25(42)16-18-27)32(29)22-33-38(48)45(28-13-7-12-26(43)21-28)40(50)41(33,35)24-10-4-3-5-11-24/h2-7,9-19,21,30,32-35,46H,1,8,20,22H2/t30-,32+,33-,34-,35+,41+/m0/s1. The number of aromatic hydroxyl groups is 1. The predicted octanol–water partition coefficient (Wildman–Crippen LogP) is 7.79. The quantitative estimate of drug-likeness (QED) is 0.164. The van der Waals surface area contributed by atoms with Crippen molar-refractivity contribution >= 4 is 58.2 Å². The molecule has 2 aliphatic carbocycles. The second-order valence-corrected chi connectivity index (χ2v) is 14.3. The molecule has 6 atom stereocenters. The van der Waals surface area contributed by atoms with Crippen molar-refractivity contribution in [3.05, 3.63) is 148 Å². The number of hydrogen-bond acceptors (Lipinski definition) is 5. The van der Waals surface area contributed by atoms with E-state index in [1.807, 2.05) is 48.5 Å². The number of hydrogen-bond donors (Lipinski definition) is 1. The Labute approximate surface area is 299 Å². The maximum Gasteiger partial charge on any atom is 0.246 e. The van der Waals surface area contributed by atoms with Crippen molar-refractivity contribution in [3.8, 4) is 5.75 Å². The number of amides is 4. The van der Waals surface area contributed by atoms with Crippen LogP contribution in [0.5, 0.6) is 5.75 Å². The van der Waals surface area contributed by atoms with E-state index < -0.39 is 46.8 Å². The SMILES string of the molecule is C=CCc1cccc([C@H]2C3=CC[C@@H]4C(=O)N(c5ccc(Cl)cc5)C(=O)[C@@H]4[C@@H]3C[C@H]3C(=O)N(c4cccc(Cl)c4)C(=O)[C@@]23c2ccccc2)c1O. The molecule has 0 aromatic heterocycles. The van der Waals surface area contributed by atoms with E-state index in [4.69, 9.17) is 23.2 Å². The second kappa shape index (κ2) is 12.1. The number of imide groups is 2. The fraction of sp³-hybridized carbons (Fsp3) is 0.220. The number of rotatable bonds is 6. The molecule has 7 nitrogen and oxygen atoms in total.